The molecule has 1 saturated heterocycles. The van der Waals surface area contributed by atoms with Gasteiger partial charge in [0.25, 0.3) is 15.9 Å². The quantitative estimate of drug-likeness (QED) is 0.449. The summed E-state index contributed by atoms with van der Waals surface area (Å²) in [7, 11) is -2.62. The van der Waals surface area contributed by atoms with E-state index < -0.39 is 22.0 Å². The molecule has 1 fully saturated rings. The van der Waals surface area contributed by atoms with Gasteiger partial charge in [-0.1, -0.05) is 6.07 Å². The minimum Gasteiger partial charge on any atom is -0.492 e. The van der Waals surface area contributed by atoms with Crippen LogP contribution in [0, 0.1) is 5.92 Å². The predicted molar refractivity (Wildman–Crippen MR) is 134 cm³/mol. The van der Waals surface area contributed by atoms with Crippen LogP contribution >= 0.6 is 0 Å². The lowest BCUT2D eigenvalue weighted by Gasteiger charge is -2.28. The molecule has 2 aromatic rings. The third-order valence-electron chi connectivity index (χ3n) is 5.38. The molecule has 0 spiro atoms. The van der Waals surface area contributed by atoms with Crippen molar-refractivity contribution in [3.8, 4) is 11.5 Å². The highest BCUT2D eigenvalue weighted by Gasteiger charge is 2.30. The van der Waals surface area contributed by atoms with Gasteiger partial charge in [-0.2, -0.15) is 4.39 Å². The zero-order chi connectivity index (χ0) is 26.3. The molecular weight excluding hydrogens is 491 g/mol. The van der Waals surface area contributed by atoms with Gasteiger partial charge in [-0.3, -0.25) is 9.52 Å². The summed E-state index contributed by atoms with van der Waals surface area (Å²) in [5.41, 5.74) is 0.552. The SMILES string of the molecule is CCOc1cc(NC(=O)C(OC)C2CCCOC2)ccc1S(=O)(=O)Nc1cccc(OC(C)(C)F)c1. The van der Waals surface area contributed by atoms with E-state index in [1.165, 1.54) is 57.4 Å². The maximum Gasteiger partial charge on any atom is 0.265 e. The summed E-state index contributed by atoms with van der Waals surface area (Å²) >= 11 is 0. The lowest BCUT2D eigenvalue weighted by molar-refractivity contribution is -0.132. The number of sulfonamides is 1. The largest absolute Gasteiger partial charge is 0.492 e. The van der Waals surface area contributed by atoms with Crippen LogP contribution < -0.4 is 19.5 Å². The fourth-order valence-corrected chi connectivity index (χ4v) is 5.10. The summed E-state index contributed by atoms with van der Waals surface area (Å²) in [6.45, 7) is 5.52. The molecule has 1 amide bonds. The Morgan fingerprint density at radius 2 is 2.00 bits per heavy atom. The van der Waals surface area contributed by atoms with Gasteiger partial charge in [0.05, 0.1) is 18.9 Å². The fourth-order valence-electron chi connectivity index (χ4n) is 3.92. The molecule has 1 aliphatic heterocycles. The first-order valence-corrected chi connectivity index (χ1v) is 13.2. The van der Waals surface area contributed by atoms with E-state index in [0.29, 0.717) is 18.9 Å². The molecule has 1 heterocycles. The second kappa shape index (κ2) is 11.9. The molecular formula is C25H33FN2O7S. The molecule has 2 N–H and O–H groups in total. The number of carbonyl (C=O) groups excluding carboxylic acids is 1. The molecule has 2 unspecified atom stereocenters. The van der Waals surface area contributed by atoms with Gasteiger partial charge >= 0.3 is 0 Å². The van der Waals surface area contributed by atoms with Crippen molar-refractivity contribution in [3.63, 3.8) is 0 Å². The van der Waals surface area contributed by atoms with Crippen LogP contribution in [0.4, 0.5) is 15.8 Å². The Morgan fingerprint density at radius 3 is 2.64 bits per heavy atom. The minimum absolute atomic E-state index is 0.0649. The number of hydrogen-bond donors (Lipinski definition) is 2. The van der Waals surface area contributed by atoms with E-state index in [1.54, 1.807) is 13.0 Å². The van der Waals surface area contributed by atoms with Crippen molar-refractivity contribution in [1.82, 2.24) is 0 Å². The van der Waals surface area contributed by atoms with Gasteiger partial charge in [-0.05, 0) is 44.0 Å². The molecule has 0 radical (unpaired) electrons. The van der Waals surface area contributed by atoms with Crippen molar-refractivity contribution in [2.45, 2.75) is 50.5 Å². The number of nitrogens with one attached hydrogen (secondary N) is 2. The van der Waals surface area contributed by atoms with E-state index in [9.17, 15) is 17.6 Å². The molecule has 0 aliphatic carbocycles. The van der Waals surface area contributed by atoms with E-state index in [4.69, 9.17) is 18.9 Å². The van der Waals surface area contributed by atoms with Crippen LogP contribution in [-0.4, -0.2) is 53.2 Å². The Morgan fingerprint density at radius 1 is 1.22 bits per heavy atom. The fraction of sp³-hybridized carbons (Fsp3) is 0.480. The van der Waals surface area contributed by atoms with Crippen LogP contribution in [-0.2, 0) is 24.3 Å². The molecule has 0 bridgehead atoms. The highest BCUT2D eigenvalue weighted by molar-refractivity contribution is 7.92. The summed E-state index contributed by atoms with van der Waals surface area (Å²) in [6.07, 6.45) is 0.968. The van der Waals surface area contributed by atoms with E-state index in [1.807, 2.05) is 0 Å². The van der Waals surface area contributed by atoms with Gasteiger partial charge in [0.1, 0.15) is 22.5 Å². The van der Waals surface area contributed by atoms with Crippen molar-refractivity contribution in [2.75, 3.05) is 37.0 Å². The molecule has 0 saturated carbocycles. The molecule has 198 valence electrons. The Labute approximate surface area is 211 Å². The number of hydrogen-bond acceptors (Lipinski definition) is 7. The average molecular weight is 525 g/mol. The number of ether oxygens (including phenoxy) is 4. The third kappa shape index (κ3) is 7.55. The summed E-state index contributed by atoms with van der Waals surface area (Å²) < 4.78 is 64.3. The van der Waals surface area contributed by atoms with Crippen LogP contribution in [0.3, 0.4) is 0 Å². The first-order chi connectivity index (χ1) is 17.0. The number of halogens is 1. The Kier molecular flexibility index (Phi) is 9.15. The number of anilines is 2. The van der Waals surface area contributed by atoms with Crippen molar-refractivity contribution in [2.24, 2.45) is 5.92 Å². The lowest BCUT2D eigenvalue weighted by atomic mass is 9.95. The van der Waals surface area contributed by atoms with Gasteiger partial charge in [0, 0.05) is 51.3 Å². The number of methoxy groups -OCH3 is 1. The zero-order valence-corrected chi connectivity index (χ0v) is 21.7. The molecule has 36 heavy (non-hydrogen) atoms. The summed E-state index contributed by atoms with van der Waals surface area (Å²) in [6, 6.07) is 10.2. The maximum atomic E-state index is 13.8. The standard InChI is InChI=1S/C25H33FN2O7S/c1-5-34-21-15-18(27-24(29)23(32-4)17-8-7-13-33-16-17)11-12-22(21)36(30,31)28-19-9-6-10-20(14-19)35-25(2,3)26/h6,9-12,14-15,17,23,28H,5,7-8,13,16H2,1-4H3,(H,27,29). The second-order valence-corrected chi connectivity index (χ2v) is 10.5. The van der Waals surface area contributed by atoms with Gasteiger partial charge in [-0.15, -0.1) is 0 Å². The molecule has 3 rings (SSSR count). The first kappa shape index (κ1) is 27.7. The van der Waals surface area contributed by atoms with Crippen molar-refractivity contribution >= 4 is 27.3 Å². The van der Waals surface area contributed by atoms with Crippen LogP contribution in [0.2, 0.25) is 0 Å². The van der Waals surface area contributed by atoms with Crippen molar-refractivity contribution < 1.29 is 36.6 Å². The average Bonchev–Trinajstić information content (AvgIpc) is 2.79. The Bertz CT molecular complexity index is 1150. The van der Waals surface area contributed by atoms with Crippen LogP contribution in [0.5, 0.6) is 11.5 Å². The highest BCUT2D eigenvalue weighted by Crippen LogP contribution is 2.31. The predicted octanol–water partition coefficient (Wildman–Crippen LogP) is 4.35. The topological polar surface area (TPSA) is 112 Å². The molecule has 1 aliphatic rings. The molecule has 11 heteroatoms. The Balaban J connectivity index is 1.80. The van der Waals surface area contributed by atoms with Crippen LogP contribution in [0.1, 0.15) is 33.6 Å². The molecule has 2 aromatic carbocycles. The van der Waals surface area contributed by atoms with Gasteiger partial charge in [-0.25, -0.2) is 8.42 Å². The number of alkyl halides is 1. The van der Waals surface area contributed by atoms with Crippen molar-refractivity contribution in [1.29, 1.82) is 0 Å². The third-order valence-corrected chi connectivity index (χ3v) is 6.80. The monoisotopic (exact) mass is 524 g/mol. The van der Waals surface area contributed by atoms with E-state index in [0.717, 1.165) is 12.8 Å². The normalized spacial score (nSPS) is 17.2. The van der Waals surface area contributed by atoms with Gasteiger partial charge in [0.2, 0.25) is 5.85 Å². The van der Waals surface area contributed by atoms with Crippen LogP contribution in [0.25, 0.3) is 0 Å². The molecule has 9 nitrogen and oxygen atoms in total. The van der Waals surface area contributed by atoms with E-state index in [2.05, 4.69) is 10.0 Å². The maximum absolute atomic E-state index is 13.8. The number of rotatable bonds is 11. The van der Waals surface area contributed by atoms with Crippen molar-refractivity contribution in [3.05, 3.63) is 42.5 Å². The number of carbonyl (C=O) groups is 1. The summed E-state index contributed by atoms with van der Waals surface area (Å²) in [4.78, 5) is 12.7. The van der Waals surface area contributed by atoms with E-state index >= 15 is 0 Å². The van der Waals surface area contributed by atoms with Gasteiger partial charge in [0.15, 0.2) is 0 Å². The second-order valence-electron chi connectivity index (χ2n) is 8.82. The Hall–Kier alpha value is -2.89. The van der Waals surface area contributed by atoms with E-state index in [-0.39, 0.29) is 40.5 Å². The lowest BCUT2D eigenvalue weighted by Crippen LogP contribution is -2.40. The molecule has 0 aromatic heterocycles. The zero-order valence-electron chi connectivity index (χ0n) is 20.9. The highest BCUT2D eigenvalue weighted by atomic mass is 32.2. The summed E-state index contributed by atoms with van der Waals surface area (Å²) in [5.74, 6) is -2.11. The smallest absolute Gasteiger partial charge is 0.265 e. The molecule has 2 atom stereocenters. The minimum atomic E-state index is -4.09. The number of benzene rings is 2. The van der Waals surface area contributed by atoms with Gasteiger partial charge < -0.3 is 24.3 Å². The first-order valence-electron chi connectivity index (χ1n) is 11.7. The number of amides is 1. The summed E-state index contributed by atoms with van der Waals surface area (Å²) in [5, 5.41) is 2.78. The van der Waals surface area contributed by atoms with Crippen LogP contribution in [0.15, 0.2) is 47.4 Å².